The van der Waals surface area contributed by atoms with Gasteiger partial charge in [-0.15, -0.1) is 0 Å². The largest absolute Gasteiger partial charge is 0.343 e. The summed E-state index contributed by atoms with van der Waals surface area (Å²) < 4.78 is 2.15. The number of hydrogen-bond acceptors (Lipinski definition) is 5. The fraction of sp³-hybridized carbons (Fsp3) is 0.333. The second-order valence-corrected chi connectivity index (χ2v) is 14.8. The fourth-order valence-corrected chi connectivity index (χ4v) is 7.87. The Morgan fingerprint density at radius 2 is 1.26 bits per heavy atom. The van der Waals surface area contributed by atoms with Crippen molar-refractivity contribution in [3.8, 4) is 0 Å². The Labute approximate surface area is 269 Å². The van der Waals surface area contributed by atoms with Gasteiger partial charge >= 0.3 is 0 Å². The van der Waals surface area contributed by atoms with Gasteiger partial charge in [-0.3, -0.25) is 19.7 Å². The second kappa shape index (κ2) is 10.9. The van der Waals surface area contributed by atoms with Gasteiger partial charge in [-0.1, -0.05) is 88.4 Å². The first-order valence-corrected chi connectivity index (χ1v) is 16.1. The molecule has 0 amide bonds. The number of carbonyl (C=O) groups is 2. The Hall–Kier alpha value is -4.78. The number of rotatable bonds is 6. The molecule has 0 atom stereocenters. The molecule has 46 heavy (non-hydrogen) atoms. The number of fused-ring (bicyclic) bond motifs is 1. The van der Waals surface area contributed by atoms with Crippen molar-refractivity contribution in [1.82, 2.24) is 9.47 Å². The average molecular weight is 614 g/mol. The van der Waals surface area contributed by atoms with Gasteiger partial charge in [-0.25, -0.2) is 0 Å². The van der Waals surface area contributed by atoms with Gasteiger partial charge in [0.15, 0.2) is 11.6 Å². The molecule has 7 nitrogen and oxygen atoms in total. The SMILES string of the molecule is CC1(C)CC(=O)C2=C(C1)N(Cc1ccccc1)C1=C(C(=O)CC(C)(C)C1)C2c1cn(Cc2ccc([N+](=O)[O-])cc2)c2ccccc12. The standard InChI is InChI=1S/C39H39N3O4/c1-38(2)18-31-36(33(43)20-38)35(37-32(19-39(3,4)21-34(37)44)41(31)23-25-10-6-5-7-11-25)29-24-40(30-13-9-8-12-28(29)30)22-26-14-16-27(17-15-26)42(45)46/h5-17,24,35H,18-23H2,1-4H3. The van der Waals surface area contributed by atoms with Crippen LogP contribution in [-0.2, 0) is 22.7 Å². The molecule has 234 valence electrons. The molecule has 7 rings (SSSR count). The molecule has 7 heteroatoms. The molecule has 0 fully saturated rings. The predicted octanol–water partition coefficient (Wildman–Crippen LogP) is 8.48. The van der Waals surface area contributed by atoms with Crippen molar-refractivity contribution in [2.75, 3.05) is 0 Å². The van der Waals surface area contributed by atoms with Crippen molar-refractivity contribution in [3.63, 3.8) is 0 Å². The zero-order chi connectivity index (χ0) is 32.4. The van der Waals surface area contributed by atoms with Crippen molar-refractivity contribution in [2.45, 2.75) is 72.4 Å². The van der Waals surface area contributed by atoms with E-state index in [1.807, 2.05) is 30.3 Å². The molecular weight excluding hydrogens is 574 g/mol. The summed E-state index contributed by atoms with van der Waals surface area (Å²) in [5, 5.41) is 12.3. The lowest BCUT2D eigenvalue weighted by atomic mass is 9.63. The van der Waals surface area contributed by atoms with E-state index in [2.05, 4.69) is 67.6 Å². The smallest absolute Gasteiger partial charge is 0.269 e. The molecule has 0 spiro atoms. The van der Waals surface area contributed by atoms with Crippen molar-refractivity contribution in [3.05, 3.63) is 134 Å². The van der Waals surface area contributed by atoms with Crippen molar-refractivity contribution >= 4 is 28.2 Å². The number of nitrogens with zero attached hydrogens (tertiary/aromatic N) is 3. The maximum atomic E-state index is 14.4. The summed E-state index contributed by atoms with van der Waals surface area (Å²) in [4.78, 5) is 41.9. The molecule has 0 saturated heterocycles. The first-order chi connectivity index (χ1) is 21.9. The predicted molar refractivity (Wildman–Crippen MR) is 179 cm³/mol. The first-order valence-electron chi connectivity index (χ1n) is 16.1. The van der Waals surface area contributed by atoms with Crippen LogP contribution in [0.15, 0.2) is 108 Å². The third kappa shape index (κ3) is 5.27. The molecule has 1 aromatic heterocycles. The number of aromatic nitrogens is 1. The summed E-state index contributed by atoms with van der Waals surface area (Å²) >= 11 is 0. The summed E-state index contributed by atoms with van der Waals surface area (Å²) in [5.41, 5.74) is 7.32. The van der Waals surface area contributed by atoms with Gasteiger partial charge < -0.3 is 9.47 Å². The maximum Gasteiger partial charge on any atom is 0.269 e. The number of hydrogen-bond donors (Lipinski definition) is 0. The van der Waals surface area contributed by atoms with Gasteiger partial charge in [-0.2, -0.15) is 0 Å². The van der Waals surface area contributed by atoms with E-state index in [9.17, 15) is 19.7 Å². The van der Waals surface area contributed by atoms with Gasteiger partial charge in [0.2, 0.25) is 0 Å². The van der Waals surface area contributed by atoms with Crippen LogP contribution in [0.3, 0.4) is 0 Å². The van der Waals surface area contributed by atoms with E-state index in [0.29, 0.717) is 25.9 Å². The van der Waals surface area contributed by atoms with E-state index in [0.717, 1.165) is 63.0 Å². The normalized spacial score (nSPS) is 19.4. The third-order valence-corrected chi connectivity index (χ3v) is 9.84. The molecule has 2 heterocycles. The number of para-hydroxylation sites is 1. The first kappa shape index (κ1) is 29.9. The monoisotopic (exact) mass is 613 g/mol. The Kier molecular flexibility index (Phi) is 7.11. The van der Waals surface area contributed by atoms with Crippen molar-refractivity contribution < 1.29 is 14.5 Å². The Balaban J connectivity index is 1.44. The number of carbonyl (C=O) groups excluding carboxylic acids is 2. The highest BCUT2D eigenvalue weighted by molar-refractivity contribution is 6.08. The number of non-ortho nitro benzene ring substituents is 1. The van der Waals surface area contributed by atoms with Gasteiger partial charge in [0.25, 0.3) is 5.69 Å². The molecule has 4 aromatic rings. The second-order valence-electron chi connectivity index (χ2n) is 14.8. The van der Waals surface area contributed by atoms with Crippen LogP contribution in [0.5, 0.6) is 0 Å². The lowest BCUT2D eigenvalue weighted by Crippen LogP contribution is -2.44. The summed E-state index contributed by atoms with van der Waals surface area (Å²) in [6, 6.07) is 25.1. The van der Waals surface area contributed by atoms with Crippen LogP contribution in [0.25, 0.3) is 10.9 Å². The highest BCUT2D eigenvalue weighted by atomic mass is 16.6. The molecular formula is C39H39N3O4. The number of benzene rings is 3. The molecule has 0 N–H and O–H groups in total. The summed E-state index contributed by atoms with van der Waals surface area (Å²) in [5.74, 6) is -0.219. The summed E-state index contributed by atoms with van der Waals surface area (Å²) in [6.07, 6.45) is 4.49. The molecule has 2 aliphatic carbocycles. The number of nitro groups is 1. The number of allylic oxidation sites excluding steroid dienone is 4. The minimum absolute atomic E-state index is 0.0560. The number of nitro benzene ring substituents is 1. The molecule has 1 aliphatic heterocycles. The lowest BCUT2D eigenvalue weighted by molar-refractivity contribution is -0.384. The zero-order valence-corrected chi connectivity index (χ0v) is 26.9. The van der Waals surface area contributed by atoms with Crippen LogP contribution in [0.4, 0.5) is 5.69 Å². The van der Waals surface area contributed by atoms with E-state index >= 15 is 0 Å². The Bertz CT molecular complexity index is 1910. The molecule has 3 aromatic carbocycles. The fourth-order valence-electron chi connectivity index (χ4n) is 7.87. The molecule has 0 bridgehead atoms. The quantitative estimate of drug-likeness (QED) is 0.161. The zero-order valence-electron chi connectivity index (χ0n) is 26.9. The highest BCUT2D eigenvalue weighted by Gasteiger charge is 2.49. The average Bonchev–Trinajstić information content (AvgIpc) is 3.35. The Morgan fingerprint density at radius 3 is 1.85 bits per heavy atom. The van der Waals surface area contributed by atoms with E-state index in [1.54, 1.807) is 12.1 Å². The van der Waals surface area contributed by atoms with Crippen molar-refractivity contribution in [2.24, 2.45) is 10.8 Å². The number of ketones is 2. The summed E-state index contributed by atoms with van der Waals surface area (Å²) in [7, 11) is 0. The van der Waals surface area contributed by atoms with Crippen LogP contribution in [0, 0.1) is 20.9 Å². The van der Waals surface area contributed by atoms with Crippen LogP contribution < -0.4 is 0 Å². The van der Waals surface area contributed by atoms with Crippen LogP contribution in [-0.4, -0.2) is 26.0 Å². The lowest BCUT2D eigenvalue weighted by Gasteiger charge is -2.49. The molecule has 0 saturated carbocycles. The minimum Gasteiger partial charge on any atom is -0.343 e. The van der Waals surface area contributed by atoms with Gasteiger partial charge in [0.1, 0.15) is 0 Å². The van der Waals surface area contributed by atoms with E-state index in [-0.39, 0.29) is 28.1 Å². The topological polar surface area (TPSA) is 85.5 Å². The Morgan fingerprint density at radius 1 is 0.717 bits per heavy atom. The van der Waals surface area contributed by atoms with Gasteiger partial charge in [0.05, 0.1) is 4.92 Å². The minimum atomic E-state index is -0.452. The van der Waals surface area contributed by atoms with Crippen LogP contribution in [0.1, 0.15) is 76.0 Å². The van der Waals surface area contributed by atoms with E-state index in [4.69, 9.17) is 0 Å². The van der Waals surface area contributed by atoms with Gasteiger partial charge in [-0.05, 0) is 46.4 Å². The molecule has 3 aliphatic rings. The van der Waals surface area contributed by atoms with Crippen LogP contribution >= 0.6 is 0 Å². The highest BCUT2D eigenvalue weighted by Crippen LogP contribution is 2.55. The summed E-state index contributed by atoms with van der Waals surface area (Å²) in [6.45, 7) is 9.78. The van der Waals surface area contributed by atoms with Gasteiger partial charge in [0, 0.05) is 83.6 Å². The maximum absolute atomic E-state index is 14.4. The van der Waals surface area contributed by atoms with Crippen molar-refractivity contribution in [1.29, 1.82) is 0 Å². The van der Waals surface area contributed by atoms with Crippen LogP contribution in [0.2, 0.25) is 0 Å². The molecule has 0 radical (unpaired) electrons. The third-order valence-electron chi connectivity index (χ3n) is 9.84. The van der Waals surface area contributed by atoms with E-state index < -0.39 is 10.8 Å². The van der Waals surface area contributed by atoms with E-state index in [1.165, 1.54) is 12.1 Å². The molecule has 0 unspecified atom stereocenters. The number of Topliss-reactive ketones (excluding diaryl/α,β-unsaturated/α-hetero) is 2.